The molecule has 41 heavy (non-hydrogen) atoms. The van der Waals surface area contributed by atoms with Gasteiger partial charge >= 0.3 is 0 Å². The van der Waals surface area contributed by atoms with Gasteiger partial charge in [0.25, 0.3) is 0 Å². The van der Waals surface area contributed by atoms with Crippen molar-refractivity contribution < 1.29 is 52.4 Å². The van der Waals surface area contributed by atoms with E-state index in [1.807, 2.05) is 0 Å². The summed E-state index contributed by atoms with van der Waals surface area (Å²) in [5.41, 5.74) is 24.2. The molecule has 2 aliphatic carbocycles. The Morgan fingerprint density at radius 1 is 0.512 bits per heavy atom. The van der Waals surface area contributed by atoms with Gasteiger partial charge in [0, 0.05) is 73.8 Å². The first-order valence-electron chi connectivity index (χ1n) is 15.1. The normalized spacial score (nSPS) is 19.2. The van der Waals surface area contributed by atoms with Gasteiger partial charge in [-0.05, 0) is 173 Å². The molecule has 216 valence electrons. The molecular formula is C38H52SiZr2. The van der Waals surface area contributed by atoms with E-state index in [-0.39, 0.29) is 61.9 Å². The monoisotopic (exact) mass is 716 g/mol. The van der Waals surface area contributed by atoms with Gasteiger partial charge in [0.05, 0.1) is 0 Å². The predicted octanol–water partition coefficient (Wildman–Crippen LogP) is 10.2. The summed E-state index contributed by atoms with van der Waals surface area (Å²) in [7, 11) is -0.319. The van der Waals surface area contributed by atoms with Crippen molar-refractivity contribution in [3.63, 3.8) is 0 Å². The number of hydrogen-bond acceptors (Lipinski definition) is 0. The van der Waals surface area contributed by atoms with E-state index in [0.29, 0.717) is 23.7 Å². The van der Waals surface area contributed by atoms with Crippen LogP contribution in [-0.2, 0) is 52.4 Å². The first-order valence-corrected chi connectivity index (χ1v) is 17.1. The molecule has 0 nitrogen and oxygen atoms in total. The number of rotatable bonds is 8. The number of fused-ring (bicyclic) bond motifs is 2. The minimum absolute atomic E-state index is 0. The fourth-order valence-electron chi connectivity index (χ4n) is 8.22. The van der Waals surface area contributed by atoms with Crippen LogP contribution in [0.2, 0.25) is 12.1 Å². The van der Waals surface area contributed by atoms with Gasteiger partial charge in [-0.15, -0.1) is 13.2 Å². The second-order valence-corrected chi connectivity index (χ2v) is 14.7. The topological polar surface area (TPSA) is 0 Å². The molecule has 2 aliphatic rings. The smallest absolute Gasteiger partial charge is 0.0211 e. The summed E-state index contributed by atoms with van der Waals surface area (Å²) in [4.78, 5) is 0. The van der Waals surface area contributed by atoms with Crippen molar-refractivity contribution in [1.82, 2.24) is 0 Å². The second-order valence-electron chi connectivity index (χ2n) is 12.9. The molecule has 0 saturated heterocycles. The van der Waals surface area contributed by atoms with Crippen molar-refractivity contribution in [1.29, 1.82) is 0 Å². The van der Waals surface area contributed by atoms with Gasteiger partial charge in [0.15, 0.2) is 0 Å². The molecule has 0 amide bonds. The Kier molecular flexibility index (Phi) is 12.5. The van der Waals surface area contributed by atoms with E-state index in [4.69, 9.17) is 0 Å². The molecule has 0 fully saturated rings. The molecule has 2 aromatic rings. The van der Waals surface area contributed by atoms with Crippen LogP contribution in [-0.4, -0.2) is 9.52 Å². The van der Waals surface area contributed by atoms with Crippen LogP contribution in [0.3, 0.4) is 0 Å². The first-order chi connectivity index (χ1) is 18.3. The zero-order valence-electron chi connectivity index (χ0n) is 28.0. The van der Waals surface area contributed by atoms with Crippen molar-refractivity contribution in [2.24, 2.45) is 11.8 Å². The minimum Gasteiger partial charge on any atom is -0.103 e. The molecule has 4 unspecified atom stereocenters. The Balaban J connectivity index is 0.00000294. The van der Waals surface area contributed by atoms with Crippen molar-refractivity contribution in [3.05, 3.63) is 103 Å². The fourth-order valence-corrected chi connectivity index (χ4v) is 10.5. The van der Waals surface area contributed by atoms with E-state index in [9.17, 15) is 0 Å². The summed E-state index contributed by atoms with van der Waals surface area (Å²) in [6, 6.07) is 2.61. The van der Waals surface area contributed by atoms with Crippen molar-refractivity contribution in [3.8, 4) is 0 Å². The molecule has 2 aromatic carbocycles. The van der Waals surface area contributed by atoms with Crippen LogP contribution < -0.4 is 0 Å². The molecule has 0 spiro atoms. The number of benzene rings is 2. The van der Waals surface area contributed by atoms with Gasteiger partial charge in [0.1, 0.15) is 0 Å². The van der Waals surface area contributed by atoms with E-state index < -0.39 is 0 Å². The maximum atomic E-state index is 4.39. The largest absolute Gasteiger partial charge is 0.103 e. The van der Waals surface area contributed by atoms with E-state index in [1.165, 1.54) is 78.9 Å². The molecule has 0 N–H and O–H groups in total. The zero-order chi connectivity index (χ0) is 29.1. The molecule has 4 atom stereocenters. The summed E-state index contributed by atoms with van der Waals surface area (Å²) in [6.07, 6.45) is 4.58. The molecule has 3 heteroatoms. The van der Waals surface area contributed by atoms with E-state index in [1.54, 1.807) is 22.3 Å². The van der Waals surface area contributed by atoms with E-state index in [0.717, 1.165) is 0 Å². The number of hydrogen-bond donors (Lipinski definition) is 0. The first kappa shape index (κ1) is 36.6. The van der Waals surface area contributed by atoms with Gasteiger partial charge in [-0.25, -0.2) is 0 Å². The molecule has 0 aliphatic heterocycles. The summed E-state index contributed by atoms with van der Waals surface area (Å²) < 4.78 is 0. The SMILES string of the molecule is C=CC(C[SiH2]CC(C=C)C1C(C)=C(C)c2c(C)c(C)c(C)c(C)c21)C1C(C)=C(C)c2c(C)c(C)c(C)c(C)c21.[Zr].[Zr]. The molecule has 0 saturated carbocycles. The summed E-state index contributed by atoms with van der Waals surface area (Å²) >= 11 is 0. The van der Waals surface area contributed by atoms with Crippen LogP contribution in [0.15, 0.2) is 36.5 Å². The van der Waals surface area contributed by atoms with Gasteiger partial charge < -0.3 is 0 Å². The van der Waals surface area contributed by atoms with Crippen LogP contribution in [0.25, 0.3) is 11.1 Å². The Labute approximate surface area is 292 Å². The van der Waals surface area contributed by atoms with E-state index in [2.05, 4.69) is 108 Å². The Morgan fingerprint density at radius 3 is 1.10 bits per heavy atom. The van der Waals surface area contributed by atoms with Crippen molar-refractivity contribution >= 4 is 20.7 Å². The predicted molar refractivity (Wildman–Crippen MR) is 178 cm³/mol. The Morgan fingerprint density at radius 2 is 0.805 bits per heavy atom. The zero-order valence-corrected chi connectivity index (χ0v) is 34.3. The summed E-state index contributed by atoms with van der Waals surface area (Å²) in [6.45, 7) is 36.8. The second kappa shape index (κ2) is 14.0. The summed E-state index contributed by atoms with van der Waals surface area (Å²) in [5.74, 6) is 2.00. The summed E-state index contributed by atoms with van der Waals surface area (Å²) in [5, 5.41) is 0. The van der Waals surface area contributed by atoms with Gasteiger partial charge in [-0.2, -0.15) is 0 Å². The minimum atomic E-state index is -0.319. The molecule has 4 rings (SSSR count). The van der Waals surface area contributed by atoms with Crippen molar-refractivity contribution in [2.75, 3.05) is 0 Å². The van der Waals surface area contributed by atoms with Crippen LogP contribution in [0.4, 0.5) is 0 Å². The standard InChI is InChI=1S/C38H52Si.2Zr/c1-15-31(35-29(13)27(11)33-23(7)19(3)21(5)25(9)37(33)35)17-39-18-32(16-2)36-30(14)28(12)34-24(8)20(4)22(6)26(10)38(34)36;;/h15-16,31-32,35-36H,1-2,17-18,39H2,3-14H3;;. The third kappa shape index (κ3) is 5.80. The Hall–Kier alpha value is -0.617. The molecule has 0 heterocycles. The third-order valence-corrected chi connectivity index (χ3v) is 13.6. The molecule has 0 radical (unpaired) electrons. The fraction of sp³-hybridized carbons (Fsp3) is 0.474. The number of allylic oxidation sites excluding steroid dienone is 6. The van der Waals surface area contributed by atoms with Gasteiger partial charge in [-0.1, -0.05) is 35.4 Å². The maximum absolute atomic E-state index is 4.39. The quantitative estimate of drug-likeness (QED) is 0.188. The van der Waals surface area contributed by atoms with Crippen molar-refractivity contribution in [2.45, 2.75) is 107 Å². The van der Waals surface area contributed by atoms with Crippen LogP contribution in [0.5, 0.6) is 0 Å². The van der Waals surface area contributed by atoms with Crippen LogP contribution >= 0.6 is 0 Å². The maximum Gasteiger partial charge on any atom is 0.0211 e. The average molecular weight is 719 g/mol. The van der Waals surface area contributed by atoms with Crippen LogP contribution in [0.1, 0.15) is 106 Å². The van der Waals surface area contributed by atoms with Gasteiger partial charge in [-0.3, -0.25) is 0 Å². The third-order valence-electron chi connectivity index (χ3n) is 11.5. The van der Waals surface area contributed by atoms with Crippen LogP contribution in [0, 0.1) is 67.2 Å². The molecule has 0 aromatic heterocycles. The average Bonchev–Trinajstić information content (AvgIpc) is 3.33. The molecular weight excluding hydrogens is 667 g/mol. The Bertz CT molecular complexity index is 1340. The molecule has 0 bridgehead atoms. The van der Waals surface area contributed by atoms with E-state index >= 15 is 0 Å². The van der Waals surface area contributed by atoms with Gasteiger partial charge in [0.2, 0.25) is 0 Å².